The summed E-state index contributed by atoms with van der Waals surface area (Å²) in [4.78, 5) is 2.51. The Morgan fingerprint density at radius 3 is 1.63 bits per heavy atom. The van der Waals surface area contributed by atoms with Crippen LogP contribution in [-0.4, -0.2) is 0 Å². The zero-order chi connectivity index (χ0) is 49.2. The molecule has 0 bridgehead atoms. The molecule has 0 spiro atoms. The van der Waals surface area contributed by atoms with Crippen LogP contribution in [-0.2, 0) is 21.7 Å². The van der Waals surface area contributed by atoms with Crippen LogP contribution in [0.1, 0.15) is 99.9 Å². The van der Waals surface area contributed by atoms with Gasteiger partial charge >= 0.3 is 0 Å². The second-order valence-corrected chi connectivity index (χ2v) is 23.6. The van der Waals surface area contributed by atoms with Gasteiger partial charge in [0.1, 0.15) is 22.3 Å². The highest BCUT2D eigenvalue weighted by atomic mass is 16.3. The lowest BCUT2D eigenvalue weighted by Crippen LogP contribution is -2.24. The maximum Gasteiger partial charge on any atom is 0.144 e. The van der Waals surface area contributed by atoms with Crippen LogP contribution in [0.4, 0.5) is 17.1 Å². The molecule has 12 aromatic rings. The van der Waals surface area contributed by atoms with Gasteiger partial charge in [0.05, 0.1) is 0 Å². The van der Waals surface area contributed by atoms with Gasteiger partial charge in [0.2, 0.25) is 0 Å². The molecule has 73 heavy (non-hydrogen) atoms. The van der Waals surface area contributed by atoms with Gasteiger partial charge < -0.3 is 13.7 Å². The number of rotatable bonds is 3. The van der Waals surface area contributed by atoms with E-state index in [9.17, 15) is 0 Å². The van der Waals surface area contributed by atoms with Crippen LogP contribution in [0.2, 0.25) is 0 Å². The predicted octanol–water partition coefficient (Wildman–Crippen LogP) is 19.3. The lowest BCUT2D eigenvalue weighted by atomic mass is 9.72. The third kappa shape index (κ3) is 5.06. The number of hydrogen-bond acceptors (Lipinski definition) is 3. The molecule has 0 saturated heterocycles. The molecule has 0 aliphatic heterocycles. The molecule has 4 aliphatic carbocycles. The Kier molecular flexibility index (Phi) is 7.65. The first kappa shape index (κ1) is 41.5. The maximum absolute atomic E-state index is 7.01. The Labute approximate surface area is 425 Å². The van der Waals surface area contributed by atoms with Crippen molar-refractivity contribution in [1.82, 2.24) is 0 Å². The molecule has 2 aromatic heterocycles. The summed E-state index contributed by atoms with van der Waals surface area (Å²) in [6.07, 6.45) is 0. The molecule has 0 amide bonds. The maximum atomic E-state index is 7.01. The number of para-hydroxylation sites is 2. The topological polar surface area (TPSA) is 29.5 Å². The second-order valence-electron chi connectivity index (χ2n) is 23.6. The van der Waals surface area contributed by atoms with E-state index in [0.717, 1.165) is 39.4 Å². The summed E-state index contributed by atoms with van der Waals surface area (Å²) in [5.74, 6) is 0. The van der Waals surface area contributed by atoms with Crippen LogP contribution in [0, 0.1) is 0 Å². The van der Waals surface area contributed by atoms with Crippen molar-refractivity contribution in [3.63, 3.8) is 0 Å². The first-order chi connectivity index (χ1) is 35.2. The first-order valence-corrected chi connectivity index (χ1v) is 26.1. The fraction of sp³-hybridized carbons (Fsp3) is 0.171. The normalized spacial score (nSPS) is 16.4. The smallest absolute Gasteiger partial charge is 0.144 e. The van der Waals surface area contributed by atoms with Crippen molar-refractivity contribution < 1.29 is 8.83 Å². The summed E-state index contributed by atoms with van der Waals surface area (Å²) in [7, 11) is 0. The second kappa shape index (κ2) is 13.5. The van der Waals surface area contributed by atoms with E-state index in [4.69, 9.17) is 8.83 Å². The molecule has 0 saturated carbocycles. The molecule has 0 unspecified atom stereocenters. The van der Waals surface area contributed by atoms with Crippen LogP contribution < -0.4 is 4.90 Å². The molecule has 0 radical (unpaired) electrons. The molecular weight excluding hydrogens is 887 g/mol. The van der Waals surface area contributed by atoms with Crippen LogP contribution >= 0.6 is 0 Å². The highest BCUT2D eigenvalue weighted by molar-refractivity contribution is 6.21. The fourth-order valence-electron chi connectivity index (χ4n) is 14.8. The van der Waals surface area contributed by atoms with Gasteiger partial charge in [-0.25, -0.2) is 0 Å². The molecule has 4 aliphatic rings. The van der Waals surface area contributed by atoms with Crippen molar-refractivity contribution in [2.75, 3.05) is 4.90 Å². The van der Waals surface area contributed by atoms with Crippen molar-refractivity contribution >= 4 is 71.7 Å². The predicted molar refractivity (Wildman–Crippen MR) is 303 cm³/mol. The third-order valence-corrected chi connectivity index (χ3v) is 18.4. The Balaban J connectivity index is 0.894. The van der Waals surface area contributed by atoms with Crippen LogP contribution in [0.5, 0.6) is 0 Å². The Bertz CT molecular complexity index is 4510. The molecule has 0 atom stereocenters. The van der Waals surface area contributed by atoms with E-state index in [2.05, 4.69) is 236 Å². The summed E-state index contributed by atoms with van der Waals surface area (Å²) in [5.41, 5.74) is 27.7. The molecule has 16 rings (SSSR count). The average Bonchev–Trinajstić information content (AvgIpc) is 4.20. The van der Waals surface area contributed by atoms with Gasteiger partial charge in [0.25, 0.3) is 0 Å². The molecule has 0 N–H and O–H groups in total. The molecule has 350 valence electrons. The van der Waals surface area contributed by atoms with Crippen molar-refractivity contribution in [2.45, 2.75) is 77.0 Å². The van der Waals surface area contributed by atoms with Crippen LogP contribution in [0.25, 0.3) is 99.2 Å². The van der Waals surface area contributed by atoms with E-state index < -0.39 is 0 Å². The Morgan fingerprint density at radius 1 is 0.315 bits per heavy atom. The van der Waals surface area contributed by atoms with E-state index in [1.807, 2.05) is 0 Å². The van der Waals surface area contributed by atoms with Crippen LogP contribution in [0.3, 0.4) is 0 Å². The van der Waals surface area contributed by atoms with E-state index >= 15 is 0 Å². The van der Waals surface area contributed by atoms with E-state index in [-0.39, 0.29) is 21.7 Å². The SMILES string of the molecule is CC1(C)c2cc(N(c3ccc4c(c3)C(C)(C)c3c5c(c6oc7ccccc7c6c3-4)-c3ccccc3C5(C)C)c3ccc4ccccc4c3)ccc2-c2cc3c(cc21)-c1c(ccc2oc4ccccc4c12)C3(C)C. The minimum absolute atomic E-state index is 0.177. The average molecular weight is 940 g/mol. The summed E-state index contributed by atoms with van der Waals surface area (Å²) in [6, 6.07) is 66.0. The summed E-state index contributed by atoms with van der Waals surface area (Å²) in [5, 5.41) is 7.25. The highest BCUT2D eigenvalue weighted by Gasteiger charge is 2.49. The number of hydrogen-bond donors (Lipinski definition) is 0. The van der Waals surface area contributed by atoms with Gasteiger partial charge in [-0.1, -0.05) is 165 Å². The van der Waals surface area contributed by atoms with Gasteiger partial charge in [-0.3, -0.25) is 0 Å². The summed E-state index contributed by atoms with van der Waals surface area (Å²) < 4.78 is 13.5. The molecule has 3 nitrogen and oxygen atoms in total. The Morgan fingerprint density at radius 2 is 0.849 bits per heavy atom. The number of benzene rings is 10. The zero-order valence-corrected chi connectivity index (χ0v) is 42.5. The number of nitrogens with zero attached hydrogens (tertiary/aromatic N) is 1. The van der Waals surface area contributed by atoms with E-state index in [1.54, 1.807) is 0 Å². The van der Waals surface area contributed by atoms with Gasteiger partial charge in [0, 0.05) is 65.8 Å². The molecule has 0 fully saturated rings. The molecule has 10 aromatic carbocycles. The first-order valence-electron chi connectivity index (χ1n) is 26.1. The molecule has 3 heteroatoms. The molecule has 2 heterocycles. The minimum Gasteiger partial charge on any atom is -0.456 e. The van der Waals surface area contributed by atoms with Crippen molar-refractivity contribution in [2.24, 2.45) is 0 Å². The van der Waals surface area contributed by atoms with Crippen molar-refractivity contribution in [3.05, 3.63) is 220 Å². The Hall–Kier alpha value is -8.14. The molecular formula is C70H53NO2. The van der Waals surface area contributed by atoms with E-state index in [1.165, 1.54) is 121 Å². The fourth-order valence-corrected chi connectivity index (χ4v) is 14.8. The standard InChI is InChI=1S/C70H53NO2/c1-67(2)51-31-32-58-60(46-20-12-15-23-56(46)72-58)59(51)49-37-54-48(36-55(49)67)43-29-27-41(34-52(43)68(54,3)4)71(40-26-25-38-17-9-10-18-39(38)33-40)42-28-30-45-53(35-42)70(7,8)64-61(45)62-47-21-13-16-24-57(47)73-66(62)63-44-19-11-14-22-50(44)69(5,6)65(63)64/h9-37H,1-8H3. The number of fused-ring (bicyclic) bond motifs is 23. The summed E-state index contributed by atoms with van der Waals surface area (Å²) >= 11 is 0. The number of anilines is 3. The van der Waals surface area contributed by atoms with E-state index in [0.29, 0.717) is 0 Å². The lowest BCUT2D eigenvalue weighted by molar-refractivity contribution is 0.600. The quantitative estimate of drug-likeness (QED) is 0.177. The largest absolute Gasteiger partial charge is 0.456 e. The number of furan rings is 2. The van der Waals surface area contributed by atoms with Gasteiger partial charge in [0.15, 0.2) is 0 Å². The highest BCUT2D eigenvalue weighted by Crippen LogP contribution is 2.64. The lowest BCUT2D eigenvalue weighted by Gasteiger charge is -2.32. The van der Waals surface area contributed by atoms with Crippen molar-refractivity contribution in [1.29, 1.82) is 0 Å². The van der Waals surface area contributed by atoms with Crippen LogP contribution in [0.15, 0.2) is 185 Å². The van der Waals surface area contributed by atoms with Gasteiger partial charge in [-0.15, -0.1) is 0 Å². The third-order valence-electron chi connectivity index (χ3n) is 18.4. The van der Waals surface area contributed by atoms with Gasteiger partial charge in [-0.2, -0.15) is 0 Å². The van der Waals surface area contributed by atoms with Gasteiger partial charge in [-0.05, 0) is 161 Å². The minimum atomic E-state index is -0.325. The summed E-state index contributed by atoms with van der Waals surface area (Å²) in [6.45, 7) is 19.4. The zero-order valence-electron chi connectivity index (χ0n) is 42.5. The van der Waals surface area contributed by atoms with Crippen molar-refractivity contribution in [3.8, 4) is 44.5 Å². The monoisotopic (exact) mass is 939 g/mol.